The summed E-state index contributed by atoms with van der Waals surface area (Å²) in [7, 11) is 0. The van der Waals surface area contributed by atoms with E-state index in [0.717, 1.165) is 24.7 Å². The summed E-state index contributed by atoms with van der Waals surface area (Å²) in [5, 5.41) is 13.2. The lowest BCUT2D eigenvalue weighted by Crippen LogP contribution is -2.46. The standard InChI is InChI=1S/C14H18N6O2S/c1-8(13(22)16-14-10(12(15)21)3-6-23-14)19-4-5-20-9(2)17-18-11(20)7-19/h3,6,8H,4-5,7H2,1-2H3,(H2,15,21)(H,16,22)/t8-/m1/s1. The number of rotatable bonds is 4. The second-order valence-corrected chi connectivity index (χ2v) is 6.39. The van der Waals surface area contributed by atoms with E-state index in [4.69, 9.17) is 5.73 Å². The molecule has 2 amide bonds. The summed E-state index contributed by atoms with van der Waals surface area (Å²) in [6.07, 6.45) is 0. The van der Waals surface area contributed by atoms with Crippen molar-refractivity contribution in [3.05, 3.63) is 28.7 Å². The molecule has 0 unspecified atom stereocenters. The third kappa shape index (κ3) is 2.97. The number of hydrogen-bond donors (Lipinski definition) is 2. The number of carbonyl (C=O) groups is 2. The van der Waals surface area contributed by atoms with Gasteiger partial charge in [-0.25, -0.2) is 0 Å². The molecule has 0 saturated heterocycles. The van der Waals surface area contributed by atoms with Gasteiger partial charge in [0.1, 0.15) is 16.6 Å². The molecule has 0 spiro atoms. The van der Waals surface area contributed by atoms with E-state index in [1.807, 2.05) is 18.7 Å². The van der Waals surface area contributed by atoms with Crippen LogP contribution in [0.1, 0.15) is 28.9 Å². The van der Waals surface area contributed by atoms with E-state index in [9.17, 15) is 9.59 Å². The van der Waals surface area contributed by atoms with Crippen molar-refractivity contribution in [3.63, 3.8) is 0 Å². The number of aromatic nitrogens is 3. The fraction of sp³-hybridized carbons (Fsp3) is 0.429. The summed E-state index contributed by atoms with van der Waals surface area (Å²) < 4.78 is 2.06. The number of primary amides is 1. The lowest BCUT2D eigenvalue weighted by molar-refractivity contribution is -0.121. The normalized spacial score (nSPS) is 15.9. The Bertz CT molecular complexity index is 752. The topological polar surface area (TPSA) is 106 Å². The van der Waals surface area contributed by atoms with E-state index < -0.39 is 5.91 Å². The van der Waals surface area contributed by atoms with Gasteiger partial charge < -0.3 is 15.6 Å². The number of thiophene rings is 1. The largest absolute Gasteiger partial charge is 0.366 e. The van der Waals surface area contributed by atoms with E-state index in [-0.39, 0.29) is 11.9 Å². The predicted octanol–water partition coefficient (Wildman–Crippen LogP) is 0.590. The van der Waals surface area contributed by atoms with Gasteiger partial charge in [-0.05, 0) is 25.3 Å². The van der Waals surface area contributed by atoms with Gasteiger partial charge in [0.05, 0.1) is 18.2 Å². The number of fused-ring (bicyclic) bond motifs is 1. The highest BCUT2D eigenvalue weighted by Gasteiger charge is 2.28. The average Bonchev–Trinajstić information content (AvgIpc) is 3.13. The van der Waals surface area contributed by atoms with Crippen molar-refractivity contribution in [2.75, 3.05) is 11.9 Å². The van der Waals surface area contributed by atoms with E-state index in [0.29, 0.717) is 17.1 Å². The third-order valence-corrected chi connectivity index (χ3v) is 4.89. The Kier molecular flexibility index (Phi) is 4.14. The molecule has 1 aliphatic rings. The summed E-state index contributed by atoms with van der Waals surface area (Å²) in [5.41, 5.74) is 5.63. The zero-order valence-corrected chi connectivity index (χ0v) is 13.8. The number of hydrogen-bond acceptors (Lipinski definition) is 6. The molecule has 1 atom stereocenters. The highest BCUT2D eigenvalue weighted by atomic mass is 32.1. The molecule has 3 heterocycles. The molecule has 0 fully saturated rings. The lowest BCUT2D eigenvalue weighted by Gasteiger charge is -2.31. The van der Waals surface area contributed by atoms with Crippen molar-refractivity contribution < 1.29 is 9.59 Å². The van der Waals surface area contributed by atoms with Gasteiger partial charge in [-0.3, -0.25) is 14.5 Å². The third-order valence-electron chi connectivity index (χ3n) is 4.06. The fourth-order valence-electron chi connectivity index (χ4n) is 2.63. The van der Waals surface area contributed by atoms with Crippen molar-refractivity contribution in [1.29, 1.82) is 0 Å². The molecule has 0 saturated carbocycles. The molecule has 1 aliphatic heterocycles. The summed E-state index contributed by atoms with van der Waals surface area (Å²) >= 11 is 1.28. The number of amides is 2. The van der Waals surface area contributed by atoms with Crippen LogP contribution in [0.3, 0.4) is 0 Å². The Morgan fingerprint density at radius 3 is 2.91 bits per heavy atom. The monoisotopic (exact) mass is 334 g/mol. The molecule has 8 nitrogen and oxygen atoms in total. The molecule has 9 heteroatoms. The van der Waals surface area contributed by atoms with E-state index in [2.05, 4.69) is 20.1 Å². The number of aryl methyl sites for hydroxylation is 1. The van der Waals surface area contributed by atoms with Gasteiger partial charge >= 0.3 is 0 Å². The van der Waals surface area contributed by atoms with Gasteiger partial charge in [0.15, 0.2) is 0 Å². The fourth-order valence-corrected chi connectivity index (χ4v) is 3.43. The molecular formula is C14H18N6O2S. The number of carbonyl (C=O) groups excluding carboxylic acids is 2. The Morgan fingerprint density at radius 1 is 1.39 bits per heavy atom. The molecule has 2 aromatic rings. The van der Waals surface area contributed by atoms with Crippen LogP contribution >= 0.6 is 11.3 Å². The first-order chi connectivity index (χ1) is 11.0. The Labute approximate surface area is 137 Å². The van der Waals surface area contributed by atoms with E-state index in [1.54, 1.807) is 11.4 Å². The van der Waals surface area contributed by atoms with Crippen molar-refractivity contribution >= 4 is 28.2 Å². The Balaban J connectivity index is 1.68. The van der Waals surface area contributed by atoms with Crippen LogP contribution in [0.5, 0.6) is 0 Å². The molecule has 0 aliphatic carbocycles. The van der Waals surface area contributed by atoms with E-state index in [1.165, 1.54) is 11.3 Å². The van der Waals surface area contributed by atoms with Crippen LogP contribution in [0.4, 0.5) is 5.00 Å². The molecule has 23 heavy (non-hydrogen) atoms. The minimum Gasteiger partial charge on any atom is -0.366 e. The Morgan fingerprint density at radius 2 is 2.17 bits per heavy atom. The van der Waals surface area contributed by atoms with Gasteiger partial charge in [-0.1, -0.05) is 0 Å². The highest BCUT2D eigenvalue weighted by Crippen LogP contribution is 2.23. The van der Waals surface area contributed by atoms with Crippen LogP contribution in [0.15, 0.2) is 11.4 Å². The predicted molar refractivity (Wildman–Crippen MR) is 86.1 cm³/mol. The zero-order valence-electron chi connectivity index (χ0n) is 12.9. The zero-order chi connectivity index (χ0) is 16.6. The molecule has 0 radical (unpaired) electrons. The molecule has 2 aromatic heterocycles. The molecule has 3 rings (SSSR count). The molecular weight excluding hydrogens is 316 g/mol. The SMILES string of the molecule is Cc1nnc2n1CCN([C@H](C)C(=O)Nc1sccc1C(N)=O)C2. The van der Waals surface area contributed by atoms with Gasteiger partial charge in [0.2, 0.25) is 5.91 Å². The minimum absolute atomic E-state index is 0.167. The molecule has 122 valence electrons. The minimum atomic E-state index is -0.546. The maximum Gasteiger partial charge on any atom is 0.251 e. The van der Waals surface area contributed by atoms with Crippen molar-refractivity contribution in [2.45, 2.75) is 33.0 Å². The van der Waals surface area contributed by atoms with Gasteiger partial charge in [0.25, 0.3) is 5.91 Å². The average molecular weight is 334 g/mol. The molecule has 0 aromatic carbocycles. The van der Waals surface area contributed by atoms with Crippen LogP contribution in [-0.4, -0.2) is 44.1 Å². The maximum absolute atomic E-state index is 12.5. The molecule has 3 N–H and O–H groups in total. The van der Waals surface area contributed by atoms with Gasteiger partial charge in [0, 0.05) is 13.1 Å². The van der Waals surface area contributed by atoms with Crippen LogP contribution in [0.25, 0.3) is 0 Å². The Hall–Kier alpha value is -2.26. The van der Waals surface area contributed by atoms with E-state index >= 15 is 0 Å². The van der Waals surface area contributed by atoms with Crippen molar-refractivity contribution in [2.24, 2.45) is 5.73 Å². The second kappa shape index (κ2) is 6.09. The summed E-state index contributed by atoms with van der Waals surface area (Å²) in [4.78, 5) is 25.8. The number of nitrogens with zero attached hydrogens (tertiary/aromatic N) is 4. The lowest BCUT2D eigenvalue weighted by atomic mass is 10.2. The number of anilines is 1. The summed E-state index contributed by atoms with van der Waals surface area (Å²) in [6.45, 7) is 5.84. The number of nitrogens with two attached hydrogens (primary N) is 1. The quantitative estimate of drug-likeness (QED) is 0.851. The summed E-state index contributed by atoms with van der Waals surface area (Å²) in [6, 6.07) is 1.27. The summed E-state index contributed by atoms with van der Waals surface area (Å²) in [5.74, 6) is 1.04. The first kappa shape index (κ1) is 15.6. The highest BCUT2D eigenvalue weighted by molar-refractivity contribution is 7.14. The maximum atomic E-state index is 12.5. The van der Waals surface area contributed by atoms with Gasteiger partial charge in [-0.2, -0.15) is 0 Å². The van der Waals surface area contributed by atoms with Crippen molar-refractivity contribution in [1.82, 2.24) is 19.7 Å². The van der Waals surface area contributed by atoms with Gasteiger partial charge in [-0.15, -0.1) is 21.5 Å². The first-order valence-electron chi connectivity index (χ1n) is 7.28. The number of nitrogens with one attached hydrogen (secondary N) is 1. The van der Waals surface area contributed by atoms with Crippen LogP contribution < -0.4 is 11.1 Å². The van der Waals surface area contributed by atoms with Crippen LogP contribution in [0.2, 0.25) is 0 Å². The van der Waals surface area contributed by atoms with Crippen LogP contribution in [0, 0.1) is 6.92 Å². The second-order valence-electron chi connectivity index (χ2n) is 5.48. The van der Waals surface area contributed by atoms with Crippen LogP contribution in [-0.2, 0) is 17.9 Å². The van der Waals surface area contributed by atoms with Crippen molar-refractivity contribution in [3.8, 4) is 0 Å². The smallest absolute Gasteiger partial charge is 0.251 e. The molecule has 0 bridgehead atoms. The first-order valence-corrected chi connectivity index (χ1v) is 8.16.